The van der Waals surface area contributed by atoms with Crippen LogP contribution in [0.15, 0.2) is 47.2 Å². The van der Waals surface area contributed by atoms with E-state index < -0.39 is 5.97 Å². The number of anilines is 2. The average Bonchev–Trinajstić information content (AvgIpc) is 3.09. The minimum Gasteiger partial charge on any atom is -0.478 e. The van der Waals surface area contributed by atoms with E-state index in [4.69, 9.17) is 0 Å². The summed E-state index contributed by atoms with van der Waals surface area (Å²) in [6, 6.07) is 11.7. The molecule has 106 valence electrons. The highest BCUT2D eigenvalue weighted by Crippen LogP contribution is 2.40. The topological polar surface area (TPSA) is 49.3 Å². The van der Waals surface area contributed by atoms with Crippen molar-refractivity contribution in [3.8, 4) is 9.75 Å². The lowest BCUT2D eigenvalue weighted by Crippen LogP contribution is -1.96. The molecule has 0 atom stereocenters. The first-order valence-electron chi connectivity index (χ1n) is 6.37. The van der Waals surface area contributed by atoms with Crippen LogP contribution in [0.5, 0.6) is 0 Å². The molecule has 0 aliphatic heterocycles. The molecule has 21 heavy (non-hydrogen) atoms. The third-order valence-electron chi connectivity index (χ3n) is 3.10. The second-order valence-corrected chi connectivity index (χ2v) is 6.46. The lowest BCUT2D eigenvalue weighted by molar-refractivity contribution is 0.0698. The molecule has 2 N–H and O–H groups in total. The number of aryl methyl sites for hydroxylation is 1. The van der Waals surface area contributed by atoms with E-state index in [0.29, 0.717) is 5.56 Å². The summed E-state index contributed by atoms with van der Waals surface area (Å²) in [5.74, 6) is -0.888. The Hall–Kier alpha value is -2.11. The Morgan fingerprint density at radius 1 is 1.00 bits per heavy atom. The van der Waals surface area contributed by atoms with Crippen molar-refractivity contribution in [2.45, 2.75) is 6.92 Å². The molecule has 3 nitrogen and oxygen atoms in total. The Morgan fingerprint density at radius 3 is 2.38 bits per heavy atom. The molecule has 2 aromatic heterocycles. The largest absolute Gasteiger partial charge is 0.478 e. The van der Waals surface area contributed by atoms with Crippen LogP contribution in [0.3, 0.4) is 0 Å². The minimum absolute atomic E-state index is 0.356. The molecular weight excluding hydrogens is 302 g/mol. The fraction of sp³-hybridized carbons (Fsp3) is 0.0625. The number of carboxylic acid groups (broad SMARTS) is 1. The van der Waals surface area contributed by atoms with Crippen LogP contribution >= 0.6 is 22.7 Å². The van der Waals surface area contributed by atoms with E-state index in [0.717, 1.165) is 21.1 Å². The van der Waals surface area contributed by atoms with Gasteiger partial charge in [-0.3, -0.25) is 0 Å². The molecule has 0 aliphatic carbocycles. The zero-order valence-corrected chi connectivity index (χ0v) is 12.9. The second-order valence-electron chi connectivity index (χ2n) is 4.62. The van der Waals surface area contributed by atoms with Crippen molar-refractivity contribution in [2.75, 3.05) is 5.32 Å². The number of hydrogen-bond donors (Lipinski definition) is 2. The summed E-state index contributed by atoms with van der Waals surface area (Å²) >= 11 is 3.00. The number of carbonyl (C=O) groups is 1. The fourth-order valence-electron chi connectivity index (χ4n) is 2.03. The summed E-state index contributed by atoms with van der Waals surface area (Å²) in [6.45, 7) is 2.05. The average molecular weight is 315 g/mol. The summed E-state index contributed by atoms with van der Waals surface area (Å²) in [6.07, 6.45) is 0. The van der Waals surface area contributed by atoms with E-state index in [9.17, 15) is 9.90 Å². The number of rotatable bonds is 4. The van der Waals surface area contributed by atoms with E-state index in [1.807, 2.05) is 48.0 Å². The number of hydrogen-bond acceptors (Lipinski definition) is 4. The molecule has 1 aromatic carbocycles. The van der Waals surface area contributed by atoms with Gasteiger partial charge >= 0.3 is 5.97 Å². The molecule has 0 unspecified atom stereocenters. The van der Waals surface area contributed by atoms with Crippen LogP contribution in [0.2, 0.25) is 0 Å². The number of thiophene rings is 2. The molecular formula is C16H13NO2S2. The normalized spacial score (nSPS) is 10.5. The van der Waals surface area contributed by atoms with E-state index >= 15 is 0 Å². The van der Waals surface area contributed by atoms with Gasteiger partial charge in [0.1, 0.15) is 0 Å². The van der Waals surface area contributed by atoms with Gasteiger partial charge in [0.2, 0.25) is 0 Å². The molecule has 0 saturated carbocycles. The van der Waals surface area contributed by atoms with Crippen LogP contribution in [0.4, 0.5) is 11.4 Å². The second kappa shape index (κ2) is 5.71. The number of carboxylic acids is 1. The highest BCUT2D eigenvalue weighted by Gasteiger charge is 2.17. The Bertz CT molecular complexity index is 772. The predicted molar refractivity (Wildman–Crippen MR) is 89.1 cm³/mol. The van der Waals surface area contributed by atoms with Crippen LogP contribution in [-0.4, -0.2) is 11.1 Å². The highest BCUT2D eigenvalue weighted by molar-refractivity contribution is 7.21. The lowest BCUT2D eigenvalue weighted by atomic mass is 10.2. The number of nitrogens with one attached hydrogen (secondary N) is 1. The predicted octanol–water partition coefficient (Wildman–Crippen LogP) is 5.23. The van der Waals surface area contributed by atoms with Gasteiger partial charge in [0.05, 0.1) is 21.0 Å². The lowest BCUT2D eigenvalue weighted by Gasteiger charge is -2.08. The quantitative estimate of drug-likeness (QED) is 0.693. The van der Waals surface area contributed by atoms with E-state index in [-0.39, 0.29) is 0 Å². The molecule has 0 amide bonds. The molecule has 3 rings (SSSR count). The standard InChI is InChI=1S/C16H13NO2S2/c1-10-2-4-11(5-3-10)17-13-7-9-21-15(13)14-12(16(18)19)6-8-20-14/h2-9,17H,1H3,(H,18,19). The summed E-state index contributed by atoms with van der Waals surface area (Å²) in [5, 5.41) is 16.4. The number of aromatic carboxylic acids is 1. The first-order valence-corrected chi connectivity index (χ1v) is 8.13. The smallest absolute Gasteiger partial charge is 0.337 e. The van der Waals surface area contributed by atoms with E-state index in [2.05, 4.69) is 5.32 Å². The van der Waals surface area contributed by atoms with Crippen LogP contribution in [-0.2, 0) is 0 Å². The first-order chi connectivity index (χ1) is 10.1. The Morgan fingerprint density at radius 2 is 1.67 bits per heavy atom. The van der Waals surface area contributed by atoms with Crippen molar-refractivity contribution in [1.29, 1.82) is 0 Å². The monoisotopic (exact) mass is 315 g/mol. The van der Waals surface area contributed by atoms with Gasteiger partial charge in [-0.2, -0.15) is 0 Å². The number of benzene rings is 1. The zero-order valence-electron chi connectivity index (χ0n) is 11.3. The van der Waals surface area contributed by atoms with Gasteiger partial charge < -0.3 is 10.4 Å². The SMILES string of the molecule is Cc1ccc(Nc2ccsc2-c2sccc2C(=O)O)cc1. The maximum absolute atomic E-state index is 11.3. The molecule has 0 fully saturated rings. The van der Waals surface area contributed by atoms with Crippen molar-refractivity contribution >= 4 is 40.0 Å². The van der Waals surface area contributed by atoms with Crippen molar-refractivity contribution < 1.29 is 9.90 Å². The fourth-order valence-corrected chi connectivity index (χ4v) is 3.96. The Kier molecular flexibility index (Phi) is 3.77. The van der Waals surface area contributed by atoms with Crippen LogP contribution in [0, 0.1) is 6.92 Å². The van der Waals surface area contributed by atoms with Gasteiger partial charge in [-0.15, -0.1) is 22.7 Å². The molecule has 0 spiro atoms. The molecule has 0 radical (unpaired) electrons. The maximum Gasteiger partial charge on any atom is 0.337 e. The van der Waals surface area contributed by atoms with Crippen molar-refractivity contribution in [3.05, 3.63) is 58.3 Å². The van der Waals surface area contributed by atoms with Crippen LogP contribution < -0.4 is 5.32 Å². The van der Waals surface area contributed by atoms with Gasteiger partial charge in [-0.25, -0.2) is 4.79 Å². The maximum atomic E-state index is 11.3. The summed E-state index contributed by atoms with van der Waals surface area (Å²) in [5.41, 5.74) is 3.49. The van der Waals surface area contributed by atoms with Crippen LogP contribution in [0.1, 0.15) is 15.9 Å². The molecule has 5 heteroatoms. The van der Waals surface area contributed by atoms with Gasteiger partial charge in [-0.05, 0) is 41.9 Å². The highest BCUT2D eigenvalue weighted by atomic mass is 32.1. The molecule has 0 saturated heterocycles. The zero-order chi connectivity index (χ0) is 14.8. The summed E-state index contributed by atoms with van der Waals surface area (Å²) in [4.78, 5) is 13.0. The molecule has 3 aromatic rings. The van der Waals surface area contributed by atoms with Gasteiger partial charge in [-0.1, -0.05) is 17.7 Å². The van der Waals surface area contributed by atoms with Crippen LogP contribution in [0.25, 0.3) is 9.75 Å². The summed E-state index contributed by atoms with van der Waals surface area (Å²) in [7, 11) is 0. The molecule has 0 bridgehead atoms. The minimum atomic E-state index is -0.888. The van der Waals surface area contributed by atoms with Gasteiger partial charge in [0.15, 0.2) is 0 Å². The van der Waals surface area contributed by atoms with Gasteiger partial charge in [0.25, 0.3) is 0 Å². The Labute approximate surface area is 130 Å². The van der Waals surface area contributed by atoms with Crippen molar-refractivity contribution in [3.63, 3.8) is 0 Å². The summed E-state index contributed by atoms with van der Waals surface area (Å²) < 4.78 is 0. The van der Waals surface area contributed by atoms with Gasteiger partial charge in [0, 0.05) is 5.69 Å². The molecule has 0 aliphatic rings. The Balaban J connectivity index is 1.95. The van der Waals surface area contributed by atoms with E-state index in [1.54, 1.807) is 17.4 Å². The third kappa shape index (κ3) is 2.84. The first kappa shape index (κ1) is 13.9. The van der Waals surface area contributed by atoms with Crippen molar-refractivity contribution in [1.82, 2.24) is 0 Å². The van der Waals surface area contributed by atoms with Crippen molar-refractivity contribution in [2.24, 2.45) is 0 Å². The third-order valence-corrected chi connectivity index (χ3v) is 5.09. The molecule has 2 heterocycles. The van der Waals surface area contributed by atoms with E-state index in [1.165, 1.54) is 16.9 Å².